The van der Waals surface area contributed by atoms with Gasteiger partial charge in [0.1, 0.15) is 5.75 Å². The molecule has 1 saturated heterocycles. The SMILES string of the molecule is Cl.O=C(NC1CCCC1)c1ccc(C2CCNCC2)cc1OC(F)(F)F. The van der Waals surface area contributed by atoms with E-state index in [0.717, 1.165) is 57.2 Å². The molecule has 0 spiro atoms. The van der Waals surface area contributed by atoms with Crippen LogP contribution in [0, 0.1) is 0 Å². The second-order valence-electron chi connectivity index (χ2n) is 6.78. The van der Waals surface area contributed by atoms with Crippen LogP contribution in [0.5, 0.6) is 5.75 Å². The topological polar surface area (TPSA) is 50.4 Å². The molecule has 2 N–H and O–H groups in total. The summed E-state index contributed by atoms with van der Waals surface area (Å²) in [4.78, 5) is 12.4. The van der Waals surface area contributed by atoms with E-state index in [4.69, 9.17) is 0 Å². The molecule has 0 unspecified atom stereocenters. The van der Waals surface area contributed by atoms with Crippen LogP contribution in [0.2, 0.25) is 0 Å². The molecule has 0 atom stereocenters. The van der Waals surface area contributed by atoms with Crippen LogP contribution in [-0.4, -0.2) is 31.4 Å². The fourth-order valence-electron chi connectivity index (χ4n) is 3.68. The first-order chi connectivity index (χ1) is 11.9. The number of rotatable bonds is 4. The van der Waals surface area contributed by atoms with Gasteiger partial charge in [0.15, 0.2) is 0 Å². The fraction of sp³-hybridized carbons (Fsp3) is 0.611. The minimum Gasteiger partial charge on any atom is -0.405 e. The predicted molar refractivity (Wildman–Crippen MR) is 94.9 cm³/mol. The van der Waals surface area contributed by atoms with Gasteiger partial charge < -0.3 is 15.4 Å². The highest BCUT2D eigenvalue weighted by Crippen LogP contribution is 2.33. The summed E-state index contributed by atoms with van der Waals surface area (Å²) in [5, 5.41) is 6.06. The Bertz CT molecular complexity index is 613. The minimum absolute atomic E-state index is 0. The van der Waals surface area contributed by atoms with Crippen molar-refractivity contribution >= 4 is 18.3 Å². The summed E-state index contributed by atoms with van der Waals surface area (Å²) in [5.74, 6) is -0.717. The van der Waals surface area contributed by atoms with Gasteiger partial charge in [-0.05, 0) is 62.4 Å². The number of hydrogen-bond donors (Lipinski definition) is 2. The van der Waals surface area contributed by atoms with Gasteiger partial charge in [-0.25, -0.2) is 0 Å². The summed E-state index contributed by atoms with van der Waals surface area (Å²) in [6, 6.07) is 4.63. The number of ether oxygens (including phenoxy) is 1. The van der Waals surface area contributed by atoms with Gasteiger partial charge in [-0.15, -0.1) is 25.6 Å². The van der Waals surface area contributed by atoms with Crippen LogP contribution in [0.4, 0.5) is 13.2 Å². The van der Waals surface area contributed by atoms with Gasteiger partial charge in [0.25, 0.3) is 5.91 Å². The molecule has 3 rings (SSSR count). The summed E-state index contributed by atoms with van der Waals surface area (Å²) in [5.41, 5.74) is 0.736. The average Bonchev–Trinajstić information content (AvgIpc) is 3.07. The molecule has 26 heavy (non-hydrogen) atoms. The monoisotopic (exact) mass is 392 g/mol. The van der Waals surface area contributed by atoms with Gasteiger partial charge in [-0.3, -0.25) is 4.79 Å². The highest BCUT2D eigenvalue weighted by atomic mass is 35.5. The summed E-state index contributed by atoms with van der Waals surface area (Å²) in [7, 11) is 0. The highest BCUT2D eigenvalue weighted by Gasteiger charge is 2.34. The van der Waals surface area contributed by atoms with E-state index in [1.807, 2.05) is 0 Å². The van der Waals surface area contributed by atoms with Gasteiger partial charge >= 0.3 is 6.36 Å². The Morgan fingerprint density at radius 3 is 2.38 bits per heavy atom. The Balaban J connectivity index is 0.00000243. The van der Waals surface area contributed by atoms with Crippen molar-refractivity contribution < 1.29 is 22.7 Å². The maximum absolute atomic E-state index is 12.8. The maximum atomic E-state index is 12.8. The van der Waals surface area contributed by atoms with Crippen LogP contribution in [0.15, 0.2) is 18.2 Å². The van der Waals surface area contributed by atoms with Gasteiger partial charge in [-0.2, -0.15) is 0 Å². The number of amides is 1. The van der Waals surface area contributed by atoms with E-state index < -0.39 is 18.0 Å². The van der Waals surface area contributed by atoms with Crippen molar-refractivity contribution in [2.24, 2.45) is 0 Å². The first-order valence-electron chi connectivity index (χ1n) is 8.83. The molecule has 1 aliphatic carbocycles. The lowest BCUT2D eigenvalue weighted by molar-refractivity contribution is -0.274. The summed E-state index contributed by atoms with van der Waals surface area (Å²) in [6.07, 6.45) is 0.701. The first-order valence-corrected chi connectivity index (χ1v) is 8.83. The number of alkyl halides is 3. The van der Waals surface area contributed by atoms with E-state index >= 15 is 0 Å². The number of benzene rings is 1. The molecule has 1 aliphatic heterocycles. The fourth-order valence-corrected chi connectivity index (χ4v) is 3.68. The predicted octanol–water partition coefficient (Wildman–Crippen LogP) is 4.15. The number of nitrogens with one attached hydrogen (secondary N) is 2. The number of carbonyl (C=O) groups excluding carboxylic acids is 1. The lowest BCUT2D eigenvalue weighted by atomic mass is 9.89. The summed E-state index contributed by atoms with van der Waals surface area (Å²) >= 11 is 0. The number of halogens is 4. The number of carbonyl (C=O) groups is 1. The van der Waals surface area contributed by atoms with E-state index in [0.29, 0.717) is 0 Å². The van der Waals surface area contributed by atoms with Gasteiger partial charge in [0.05, 0.1) is 5.56 Å². The highest BCUT2D eigenvalue weighted by molar-refractivity contribution is 5.97. The minimum atomic E-state index is -4.82. The molecule has 2 aliphatic rings. The molecule has 1 saturated carbocycles. The van der Waals surface area contributed by atoms with Crippen LogP contribution < -0.4 is 15.4 Å². The third-order valence-corrected chi connectivity index (χ3v) is 4.98. The smallest absolute Gasteiger partial charge is 0.405 e. The summed E-state index contributed by atoms with van der Waals surface area (Å²) in [6.45, 7) is 1.67. The zero-order chi connectivity index (χ0) is 17.9. The third kappa shape index (κ3) is 5.51. The molecule has 0 bridgehead atoms. The van der Waals surface area contributed by atoms with Gasteiger partial charge in [0, 0.05) is 6.04 Å². The Labute approximate surface area is 157 Å². The zero-order valence-electron chi connectivity index (χ0n) is 14.4. The van der Waals surface area contributed by atoms with E-state index in [1.165, 1.54) is 12.1 Å². The standard InChI is InChI=1S/C18H23F3N2O2.ClH/c19-18(20,21)25-16-11-13(12-7-9-22-10-8-12)5-6-15(16)17(24)23-14-3-1-2-4-14;/h5-6,11-12,14,22H,1-4,7-10H2,(H,23,24);1H. The maximum Gasteiger partial charge on any atom is 0.573 e. The molecule has 0 aromatic heterocycles. The van der Waals surface area contributed by atoms with Crippen LogP contribution in [0.25, 0.3) is 0 Å². The van der Waals surface area contributed by atoms with Crippen molar-refractivity contribution in [3.8, 4) is 5.75 Å². The quantitative estimate of drug-likeness (QED) is 0.809. The lowest BCUT2D eigenvalue weighted by Gasteiger charge is -2.24. The van der Waals surface area contributed by atoms with Crippen molar-refractivity contribution in [2.45, 2.75) is 56.8 Å². The number of piperidine rings is 1. The molecule has 0 radical (unpaired) electrons. The molecule has 4 nitrogen and oxygen atoms in total. The third-order valence-electron chi connectivity index (χ3n) is 4.98. The van der Waals surface area contributed by atoms with E-state index in [2.05, 4.69) is 15.4 Å². The van der Waals surface area contributed by atoms with E-state index in [-0.39, 0.29) is 29.9 Å². The second-order valence-corrected chi connectivity index (χ2v) is 6.78. The summed E-state index contributed by atoms with van der Waals surface area (Å²) < 4.78 is 42.6. The first kappa shape index (κ1) is 20.8. The van der Waals surface area contributed by atoms with Crippen molar-refractivity contribution in [1.82, 2.24) is 10.6 Å². The molecular formula is C18H24ClF3N2O2. The molecule has 146 valence electrons. The van der Waals surface area contributed by atoms with Gasteiger partial charge in [0.2, 0.25) is 0 Å². The average molecular weight is 393 g/mol. The second kappa shape index (κ2) is 8.95. The van der Waals surface area contributed by atoms with Crippen LogP contribution >= 0.6 is 12.4 Å². The molecule has 8 heteroatoms. The number of hydrogen-bond acceptors (Lipinski definition) is 3. The molecule has 1 amide bonds. The van der Waals surface area contributed by atoms with Crippen molar-refractivity contribution in [3.05, 3.63) is 29.3 Å². The van der Waals surface area contributed by atoms with Crippen molar-refractivity contribution in [3.63, 3.8) is 0 Å². The normalized spacial score (nSPS) is 19.0. The largest absolute Gasteiger partial charge is 0.573 e. The van der Waals surface area contributed by atoms with Gasteiger partial charge in [-0.1, -0.05) is 18.9 Å². The van der Waals surface area contributed by atoms with Crippen molar-refractivity contribution in [2.75, 3.05) is 13.1 Å². The Kier molecular flexibility index (Phi) is 7.17. The van der Waals surface area contributed by atoms with Crippen LogP contribution in [0.3, 0.4) is 0 Å². The molecule has 1 aromatic carbocycles. The molecular weight excluding hydrogens is 369 g/mol. The van der Waals surface area contributed by atoms with Crippen LogP contribution in [-0.2, 0) is 0 Å². The Morgan fingerprint density at radius 1 is 1.12 bits per heavy atom. The van der Waals surface area contributed by atoms with E-state index in [1.54, 1.807) is 6.07 Å². The van der Waals surface area contributed by atoms with Crippen molar-refractivity contribution in [1.29, 1.82) is 0 Å². The molecule has 2 fully saturated rings. The Hall–Kier alpha value is -1.47. The van der Waals surface area contributed by atoms with Crippen LogP contribution in [0.1, 0.15) is 60.4 Å². The van der Waals surface area contributed by atoms with E-state index in [9.17, 15) is 18.0 Å². The zero-order valence-corrected chi connectivity index (χ0v) is 15.2. The Morgan fingerprint density at radius 2 is 1.77 bits per heavy atom. The lowest BCUT2D eigenvalue weighted by Crippen LogP contribution is -2.33. The molecule has 1 heterocycles. The molecule has 1 aromatic rings.